The monoisotopic (exact) mass is 949 g/mol. The number of furan rings is 1. The van der Waals surface area contributed by atoms with Gasteiger partial charge in [0.05, 0.1) is 17.1 Å². The van der Waals surface area contributed by atoms with Crippen LogP contribution in [0.25, 0.3) is 98.8 Å². The highest BCUT2D eigenvalue weighted by molar-refractivity contribution is 6.18. The Hall–Kier alpha value is -8.20. The van der Waals surface area contributed by atoms with Crippen LogP contribution in [0.5, 0.6) is 0 Å². The van der Waals surface area contributed by atoms with Crippen LogP contribution in [0.15, 0.2) is 192 Å². The Morgan fingerprint density at radius 3 is 1.35 bits per heavy atom. The maximum atomic E-state index is 7.08. The lowest BCUT2D eigenvalue weighted by molar-refractivity contribution is 0.652. The predicted octanol–water partition coefficient (Wildman–Crippen LogP) is 19.7. The van der Waals surface area contributed by atoms with Gasteiger partial charge in [-0.1, -0.05) is 195 Å². The first-order valence-electron chi connectivity index (χ1n) is 26.6. The first-order chi connectivity index (χ1) is 35.7. The van der Waals surface area contributed by atoms with E-state index in [0.29, 0.717) is 0 Å². The van der Waals surface area contributed by atoms with Crippen LogP contribution < -0.4 is 4.90 Å². The van der Waals surface area contributed by atoms with Crippen LogP contribution in [0.3, 0.4) is 0 Å². The smallest absolute Gasteiger partial charge is 0.159 e. The molecule has 4 aliphatic rings. The van der Waals surface area contributed by atoms with E-state index in [0.717, 1.165) is 39.0 Å². The number of fused-ring (bicyclic) bond motifs is 21. The molecule has 0 saturated heterocycles. The topological polar surface area (TPSA) is 16.4 Å². The number of hydrogen-bond donors (Lipinski definition) is 0. The van der Waals surface area contributed by atoms with E-state index in [9.17, 15) is 0 Å². The second-order valence-corrected chi connectivity index (χ2v) is 24.0. The molecule has 16 rings (SSSR count). The minimum atomic E-state index is -0.316. The fraction of sp³-hybridized carbons (Fsp3) is 0.167. The zero-order valence-electron chi connectivity index (χ0n) is 43.3. The summed E-state index contributed by atoms with van der Waals surface area (Å²) >= 11 is 0. The molecule has 4 aliphatic carbocycles. The van der Waals surface area contributed by atoms with Gasteiger partial charge in [-0.15, -0.1) is 0 Å². The molecule has 0 spiro atoms. The number of rotatable bonds is 3. The summed E-state index contributed by atoms with van der Waals surface area (Å²) in [5.41, 5.74) is 26.2. The first kappa shape index (κ1) is 42.3. The van der Waals surface area contributed by atoms with Gasteiger partial charge in [-0.2, -0.15) is 0 Å². The number of benzene rings is 11. The molecule has 74 heavy (non-hydrogen) atoms. The van der Waals surface area contributed by atoms with Gasteiger partial charge in [-0.25, -0.2) is 0 Å². The number of para-hydroxylation sites is 2. The lowest BCUT2D eigenvalue weighted by Crippen LogP contribution is -2.19. The van der Waals surface area contributed by atoms with Gasteiger partial charge in [0.15, 0.2) is 5.58 Å². The van der Waals surface area contributed by atoms with Crippen LogP contribution >= 0.6 is 0 Å². The van der Waals surface area contributed by atoms with Crippen LogP contribution in [-0.4, -0.2) is 0 Å². The largest absolute Gasteiger partial charge is 0.454 e. The van der Waals surface area contributed by atoms with E-state index >= 15 is 0 Å². The molecule has 0 bridgehead atoms. The molecule has 12 aromatic rings. The normalized spacial score (nSPS) is 16.3. The summed E-state index contributed by atoms with van der Waals surface area (Å²) in [5, 5.41) is 9.81. The van der Waals surface area contributed by atoms with Crippen molar-refractivity contribution in [2.24, 2.45) is 0 Å². The molecule has 0 fully saturated rings. The summed E-state index contributed by atoms with van der Waals surface area (Å²) in [4.78, 5) is 2.58. The summed E-state index contributed by atoms with van der Waals surface area (Å²) in [5.74, 6) is 0. The Morgan fingerprint density at radius 2 is 0.730 bits per heavy atom. The number of nitrogens with zero attached hydrogens (tertiary/aromatic N) is 1. The first-order valence-corrected chi connectivity index (χ1v) is 26.6. The van der Waals surface area contributed by atoms with Crippen LogP contribution in [0.2, 0.25) is 0 Å². The third-order valence-electron chi connectivity index (χ3n) is 18.8. The predicted molar refractivity (Wildman–Crippen MR) is 311 cm³/mol. The molecule has 0 atom stereocenters. The molecule has 0 saturated carbocycles. The summed E-state index contributed by atoms with van der Waals surface area (Å²) in [7, 11) is 0. The van der Waals surface area contributed by atoms with Crippen molar-refractivity contribution >= 4 is 71.3 Å². The summed E-state index contributed by atoms with van der Waals surface area (Å²) in [6.45, 7) is 19.5. The molecule has 354 valence electrons. The Morgan fingerprint density at radius 1 is 0.284 bits per heavy atom. The molecular formula is C72H55NO. The highest BCUT2D eigenvalue weighted by Gasteiger charge is 2.46. The van der Waals surface area contributed by atoms with Gasteiger partial charge >= 0.3 is 0 Å². The van der Waals surface area contributed by atoms with Crippen LogP contribution in [0.4, 0.5) is 17.1 Å². The Balaban J connectivity index is 0.981. The van der Waals surface area contributed by atoms with E-state index in [1.54, 1.807) is 0 Å². The number of anilines is 3. The van der Waals surface area contributed by atoms with Gasteiger partial charge in [0.2, 0.25) is 0 Å². The van der Waals surface area contributed by atoms with Crippen molar-refractivity contribution in [1.82, 2.24) is 0 Å². The van der Waals surface area contributed by atoms with Crippen molar-refractivity contribution in [1.29, 1.82) is 0 Å². The van der Waals surface area contributed by atoms with Crippen molar-refractivity contribution < 1.29 is 4.42 Å². The van der Waals surface area contributed by atoms with Crippen molar-refractivity contribution in [3.63, 3.8) is 0 Å². The second kappa shape index (κ2) is 13.9. The molecule has 0 unspecified atom stereocenters. The Bertz CT molecular complexity index is 4550. The van der Waals surface area contributed by atoms with E-state index < -0.39 is 0 Å². The average Bonchev–Trinajstić information content (AvgIpc) is 4.12. The van der Waals surface area contributed by atoms with Gasteiger partial charge in [0.25, 0.3) is 0 Å². The quantitative estimate of drug-likeness (QED) is 0.175. The fourth-order valence-corrected chi connectivity index (χ4v) is 15.0. The third kappa shape index (κ3) is 5.11. The van der Waals surface area contributed by atoms with E-state index in [1.165, 1.54) is 121 Å². The van der Waals surface area contributed by atoms with Crippen molar-refractivity contribution in [3.05, 3.63) is 233 Å². The summed E-state index contributed by atoms with van der Waals surface area (Å²) in [6, 6.07) is 71.7. The van der Waals surface area contributed by atoms with Crippen LogP contribution in [0, 0.1) is 0 Å². The van der Waals surface area contributed by atoms with E-state index in [-0.39, 0.29) is 21.7 Å². The molecule has 0 amide bonds. The van der Waals surface area contributed by atoms with E-state index in [1.807, 2.05) is 0 Å². The Labute approximate surface area is 432 Å². The molecule has 1 aromatic heterocycles. The lowest BCUT2D eigenvalue weighted by atomic mass is 9.79. The molecule has 0 aliphatic heterocycles. The van der Waals surface area contributed by atoms with Crippen molar-refractivity contribution in [2.75, 3.05) is 4.90 Å². The minimum Gasteiger partial charge on any atom is -0.454 e. The molecule has 0 N–H and O–H groups in total. The fourth-order valence-electron chi connectivity index (χ4n) is 15.0. The zero-order valence-corrected chi connectivity index (χ0v) is 43.3. The summed E-state index contributed by atoms with van der Waals surface area (Å²) < 4.78 is 7.08. The number of hydrogen-bond acceptors (Lipinski definition) is 2. The highest BCUT2D eigenvalue weighted by Crippen LogP contribution is 2.62. The molecule has 0 radical (unpaired) electrons. The van der Waals surface area contributed by atoms with E-state index in [2.05, 4.69) is 248 Å². The molecule has 11 aromatic carbocycles. The SMILES string of the molecule is CC1(C)c2ccccc2-c2cc3c(cc21)-c1c(cc(N(c2cc4c(c5ccccc25)-c2cc5c(cc2C4(C)C)-c2c(ccc4ccccc24)C5(C)C)c2cccc4c2oc2ccccc24)c2ccccc12)C3(C)C. The highest BCUT2D eigenvalue weighted by atomic mass is 16.3. The average molecular weight is 950 g/mol. The Kier molecular flexibility index (Phi) is 7.94. The summed E-state index contributed by atoms with van der Waals surface area (Å²) in [6.07, 6.45) is 0. The maximum absolute atomic E-state index is 7.08. The second-order valence-electron chi connectivity index (χ2n) is 24.0. The van der Waals surface area contributed by atoms with Crippen LogP contribution in [0.1, 0.15) is 99.9 Å². The van der Waals surface area contributed by atoms with Crippen LogP contribution in [-0.2, 0) is 21.7 Å². The van der Waals surface area contributed by atoms with Gasteiger partial charge in [0.1, 0.15) is 5.58 Å². The van der Waals surface area contributed by atoms with E-state index in [4.69, 9.17) is 4.42 Å². The van der Waals surface area contributed by atoms with Gasteiger partial charge < -0.3 is 9.32 Å². The van der Waals surface area contributed by atoms with Gasteiger partial charge in [-0.05, 0) is 159 Å². The molecule has 1 heterocycles. The van der Waals surface area contributed by atoms with Crippen molar-refractivity contribution in [3.8, 4) is 44.5 Å². The van der Waals surface area contributed by atoms with Gasteiger partial charge in [-0.3, -0.25) is 0 Å². The molecular weight excluding hydrogens is 895 g/mol. The van der Waals surface area contributed by atoms with Crippen molar-refractivity contribution in [2.45, 2.75) is 77.0 Å². The third-order valence-corrected chi connectivity index (χ3v) is 18.8. The zero-order chi connectivity index (χ0) is 49.9. The maximum Gasteiger partial charge on any atom is 0.159 e. The van der Waals surface area contributed by atoms with Gasteiger partial charge in [0, 0.05) is 43.2 Å². The molecule has 2 heteroatoms. The minimum absolute atomic E-state index is 0.108. The molecule has 2 nitrogen and oxygen atoms in total. The standard InChI is InChI=1S/C72H55NO/c1-69(2)53-29-17-15-22-42(53)49-34-56-51(35-55(49)69)66-46-26-13-11-23-43(46)62(38-59(66)71(56,5)6)73(61-30-19-28-48-45-25-16-18-31-64(45)74-68(48)61)63-39-60-67(47-27-14-12-24-44(47)63)52-37-57-50(36-58(52)72(60,7)8)65-41-21-10-9-20-40(41)32-33-54(65)70(57,3)4/h9-39H,1-8H3. The lowest BCUT2D eigenvalue weighted by Gasteiger charge is -2.32.